The summed E-state index contributed by atoms with van der Waals surface area (Å²) < 4.78 is 18.7. The predicted octanol–water partition coefficient (Wildman–Crippen LogP) is 4.24. The van der Waals surface area contributed by atoms with Gasteiger partial charge in [-0.2, -0.15) is 0 Å². The second kappa shape index (κ2) is 9.51. The average molecular weight is 374 g/mol. The van der Waals surface area contributed by atoms with Crippen LogP contribution >= 0.6 is 0 Å². The molecule has 4 nitrogen and oxygen atoms in total. The van der Waals surface area contributed by atoms with Crippen LogP contribution in [-0.2, 0) is 17.6 Å². The van der Waals surface area contributed by atoms with Crippen LogP contribution in [0, 0.1) is 11.7 Å². The smallest absolute Gasteiger partial charge is 0.335 e. The Hall–Kier alpha value is -2.40. The van der Waals surface area contributed by atoms with Crippen LogP contribution in [-0.4, -0.2) is 28.9 Å². The van der Waals surface area contributed by atoms with E-state index in [0.717, 1.165) is 11.1 Å². The largest absolute Gasteiger partial charge is 0.494 e. The van der Waals surface area contributed by atoms with Crippen LogP contribution in [0.15, 0.2) is 48.5 Å². The highest BCUT2D eigenvalue weighted by molar-refractivity contribution is 5.77. The lowest BCUT2D eigenvalue weighted by Gasteiger charge is -2.27. The first-order chi connectivity index (χ1) is 12.8. The van der Waals surface area contributed by atoms with Gasteiger partial charge in [0.2, 0.25) is 0 Å². The fourth-order valence-corrected chi connectivity index (χ4v) is 3.25. The molecule has 0 aliphatic rings. The van der Waals surface area contributed by atoms with Crippen LogP contribution in [0.2, 0.25) is 0 Å². The van der Waals surface area contributed by atoms with Crippen molar-refractivity contribution in [3.05, 3.63) is 65.5 Å². The molecule has 5 heteroatoms. The minimum atomic E-state index is -1.76. The molecule has 0 amide bonds. The second-order valence-electron chi connectivity index (χ2n) is 7.14. The fraction of sp³-hybridized carbons (Fsp3) is 0.409. The molecule has 0 saturated heterocycles. The van der Waals surface area contributed by atoms with Crippen molar-refractivity contribution >= 4 is 5.97 Å². The molecule has 2 N–H and O–H groups in total. The van der Waals surface area contributed by atoms with Crippen LogP contribution in [0.4, 0.5) is 4.39 Å². The highest BCUT2D eigenvalue weighted by Crippen LogP contribution is 2.27. The highest BCUT2D eigenvalue weighted by Gasteiger charge is 2.36. The third kappa shape index (κ3) is 6.07. The first-order valence-electron chi connectivity index (χ1n) is 9.16. The number of carbonyl (C=O) groups is 1. The van der Waals surface area contributed by atoms with Crippen LogP contribution in [0.1, 0.15) is 37.3 Å². The minimum absolute atomic E-state index is 0.0213. The van der Waals surface area contributed by atoms with Crippen molar-refractivity contribution in [2.75, 3.05) is 7.11 Å². The van der Waals surface area contributed by atoms with E-state index in [0.29, 0.717) is 19.3 Å². The summed E-state index contributed by atoms with van der Waals surface area (Å²) in [6.45, 7) is 1.91. The van der Waals surface area contributed by atoms with Gasteiger partial charge in [0.15, 0.2) is 17.2 Å². The van der Waals surface area contributed by atoms with Crippen molar-refractivity contribution < 1.29 is 24.1 Å². The van der Waals surface area contributed by atoms with E-state index in [2.05, 4.69) is 0 Å². The zero-order valence-corrected chi connectivity index (χ0v) is 15.8. The number of benzene rings is 2. The standard InChI is InChI=1S/C22H27FO4/c1-16(8-9-18-10-11-20(27-2)19(23)14-18)15-22(26,21(24)25)13-12-17-6-4-3-5-7-17/h3-7,10-11,14,16,26H,8-9,12-13,15H2,1-2H3,(H,24,25). The van der Waals surface area contributed by atoms with Gasteiger partial charge >= 0.3 is 5.97 Å². The zero-order valence-electron chi connectivity index (χ0n) is 15.8. The van der Waals surface area contributed by atoms with Crippen molar-refractivity contribution in [2.24, 2.45) is 5.92 Å². The molecule has 0 aliphatic heterocycles. The number of rotatable bonds is 10. The number of aliphatic carboxylic acids is 1. The Labute approximate surface area is 159 Å². The number of halogens is 1. The van der Waals surface area contributed by atoms with Crippen molar-refractivity contribution in [2.45, 2.75) is 44.6 Å². The molecule has 2 aromatic carbocycles. The minimum Gasteiger partial charge on any atom is -0.494 e. The Bertz CT molecular complexity index is 747. The van der Waals surface area contributed by atoms with Gasteiger partial charge in [-0.3, -0.25) is 0 Å². The molecule has 0 heterocycles. The van der Waals surface area contributed by atoms with Gasteiger partial charge in [-0.1, -0.05) is 43.3 Å². The lowest BCUT2D eigenvalue weighted by atomic mass is 9.84. The van der Waals surface area contributed by atoms with Crippen molar-refractivity contribution in [1.29, 1.82) is 0 Å². The normalized spacial score (nSPS) is 14.4. The molecule has 0 saturated carbocycles. The number of ether oxygens (including phenoxy) is 1. The molecule has 0 fully saturated rings. The van der Waals surface area contributed by atoms with Crippen molar-refractivity contribution in [1.82, 2.24) is 0 Å². The SMILES string of the molecule is COc1ccc(CCC(C)CC(O)(CCc2ccccc2)C(=O)O)cc1F. The average Bonchev–Trinajstić information content (AvgIpc) is 2.65. The summed E-state index contributed by atoms with van der Waals surface area (Å²) in [6, 6.07) is 14.4. The van der Waals surface area contributed by atoms with E-state index in [1.165, 1.54) is 13.2 Å². The quantitative estimate of drug-likeness (QED) is 0.653. The number of carboxylic acids is 1. The van der Waals surface area contributed by atoms with Crippen LogP contribution in [0.25, 0.3) is 0 Å². The number of aryl methyl sites for hydroxylation is 2. The van der Waals surface area contributed by atoms with Crippen molar-refractivity contribution in [3.8, 4) is 5.75 Å². The lowest BCUT2D eigenvalue weighted by molar-refractivity contribution is -0.161. The summed E-state index contributed by atoms with van der Waals surface area (Å²) in [4.78, 5) is 11.7. The number of carboxylic acid groups (broad SMARTS) is 1. The molecule has 2 aromatic rings. The maximum Gasteiger partial charge on any atom is 0.335 e. The summed E-state index contributed by atoms with van der Waals surface area (Å²) in [5.41, 5.74) is 0.0577. The molecule has 146 valence electrons. The second-order valence-corrected chi connectivity index (χ2v) is 7.14. The summed E-state index contributed by atoms with van der Waals surface area (Å²) in [5, 5.41) is 20.2. The molecule has 0 aromatic heterocycles. The first kappa shape index (κ1) is 20.9. The third-order valence-corrected chi connectivity index (χ3v) is 4.90. The molecular weight excluding hydrogens is 347 g/mol. The highest BCUT2D eigenvalue weighted by atomic mass is 19.1. The topological polar surface area (TPSA) is 66.8 Å². The van der Waals surface area contributed by atoms with E-state index >= 15 is 0 Å². The number of hydrogen-bond donors (Lipinski definition) is 2. The van der Waals surface area contributed by atoms with Crippen LogP contribution in [0.5, 0.6) is 5.75 Å². The molecule has 27 heavy (non-hydrogen) atoms. The molecule has 2 rings (SSSR count). The molecule has 0 bridgehead atoms. The fourth-order valence-electron chi connectivity index (χ4n) is 3.25. The summed E-state index contributed by atoms with van der Waals surface area (Å²) in [5.74, 6) is -1.42. The predicted molar refractivity (Wildman–Crippen MR) is 102 cm³/mol. The van der Waals surface area contributed by atoms with Crippen molar-refractivity contribution in [3.63, 3.8) is 0 Å². The van der Waals surface area contributed by atoms with E-state index in [1.54, 1.807) is 12.1 Å². The number of aliphatic hydroxyl groups is 1. The zero-order chi connectivity index (χ0) is 19.9. The molecule has 2 atom stereocenters. The van der Waals surface area contributed by atoms with E-state index < -0.39 is 17.4 Å². The Morgan fingerprint density at radius 1 is 1.15 bits per heavy atom. The van der Waals surface area contributed by atoms with E-state index in [9.17, 15) is 19.4 Å². The van der Waals surface area contributed by atoms with Gasteiger partial charge in [0.05, 0.1) is 7.11 Å². The van der Waals surface area contributed by atoms with Gasteiger partial charge in [0.1, 0.15) is 0 Å². The monoisotopic (exact) mass is 374 g/mol. The molecule has 0 radical (unpaired) electrons. The first-order valence-corrected chi connectivity index (χ1v) is 9.16. The Balaban J connectivity index is 1.92. The van der Waals surface area contributed by atoms with Gasteiger partial charge in [-0.25, -0.2) is 9.18 Å². The molecule has 0 spiro atoms. The van der Waals surface area contributed by atoms with Gasteiger partial charge in [-0.15, -0.1) is 0 Å². The van der Waals surface area contributed by atoms with E-state index in [4.69, 9.17) is 4.74 Å². The maximum atomic E-state index is 13.8. The van der Waals surface area contributed by atoms with Gasteiger partial charge in [0, 0.05) is 0 Å². The van der Waals surface area contributed by atoms with Gasteiger partial charge < -0.3 is 14.9 Å². The summed E-state index contributed by atoms with van der Waals surface area (Å²) >= 11 is 0. The number of hydrogen-bond acceptors (Lipinski definition) is 3. The van der Waals surface area contributed by atoms with Crippen LogP contribution in [0.3, 0.4) is 0 Å². The summed E-state index contributed by atoms with van der Waals surface area (Å²) in [6.07, 6.45) is 2.09. The van der Waals surface area contributed by atoms with Gasteiger partial charge in [-0.05, 0) is 61.3 Å². The Morgan fingerprint density at radius 3 is 2.44 bits per heavy atom. The lowest BCUT2D eigenvalue weighted by Crippen LogP contribution is -2.40. The van der Waals surface area contributed by atoms with Gasteiger partial charge in [0.25, 0.3) is 0 Å². The molecular formula is C22H27FO4. The number of methoxy groups -OCH3 is 1. The Kier molecular flexibility index (Phi) is 7.36. The van der Waals surface area contributed by atoms with Crippen LogP contribution < -0.4 is 4.74 Å². The summed E-state index contributed by atoms with van der Waals surface area (Å²) in [7, 11) is 1.42. The Morgan fingerprint density at radius 2 is 1.85 bits per heavy atom. The third-order valence-electron chi connectivity index (χ3n) is 4.90. The van der Waals surface area contributed by atoms with E-state index in [-0.39, 0.29) is 24.5 Å². The van der Waals surface area contributed by atoms with E-state index in [1.807, 2.05) is 37.3 Å². The molecule has 2 unspecified atom stereocenters. The molecule has 0 aliphatic carbocycles. The maximum absolute atomic E-state index is 13.8.